The molecule has 1 aromatic heterocycles. The van der Waals surface area contributed by atoms with Gasteiger partial charge < -0.3 is 10.2 Å². The van der Waals surface area contributed by atoms with Gasteiger partial charge in [0.15, 0.2) is 4.34 Å². The van der Waals surface area contributed by atoms with Crippen LogP contribution in [0.3, 0.4) is 0 Å². The van der Waals surface area contributed by atoms with Crippen LogP contribution in [-0.4, -0.2) is 42.6 Å². The second kappa shape index (κ2) is 7.45. The monoisotopic (exact) mass is 300 g/mol. The van der Waals surface area contributed by atoms with E-state index in [0.717, 1.165) is 33.7 Å². The van der Waals surface area contributed by atoms with Gasteiger partial charge in [-0.3, -0.25) is 0 Å². The summed E-state index contributed by atoms with van der Waals surface area (Å²) >= 11 is 3.47. The fourth-order valence-corrected chi connectivity index (χ4v) is 4.17. The molecular formula is C13H24N4S2. The molecule has 0 aliphatic heterocycles. The number of aromatic nitrogens is 2. The predicted molar refractivity (Wildman–Crippen MR) is 84.4 cm³/mol. The third kappa shape index (κ3) is 4.93. The molecule has 0 aromatic carbocycles. The third-order valence-corrected chi connectivity index (χ3v) is 5.70. The minimum Gasteiger partial charge on any atom is -0.353 e. The SMILES string of the molecule is CC1CCCC(NCCSc2nnc(N(C)C)s2)C1. The molecule has 6 heteroatoms. The van der Waals surface area contributed by atoms with E-state index >= 15 is 0 Å². The first kappa shape index (κ1) is 15.1. The molecule has 0 saturated heterocycles. The summed E-state index contributed by atoms with van der Waals surface area (Å²) in [6.45, 7) is 3.44. The fourth-order valence-electron chi connectivity index (χ4n) is 2.46. The predicted octanol–water partition coefficient (Wildman–Crippen LogP) is 2.86. The van der Waals surface area contributed by atoms with Crippen LogP contribution in [0.4, 0.5) is 5.13 Å². The minimum atomic E-state index is 0.733. The van der Waals surface area contributed by atoms with Crippen LogP contribution in [0.2, 0.25) is 0 Å². The van der Waals surface area contributed by atoms with Gasteiger partial charge in [-0.05, 0) is 18.8 Å². The second-order valence-corrected chi connectivity index (χ2v) is 7.81. The van der Waals surface area contributed by atoms with Crippen molar-refractivity contribution in [1.29, 1.82) is 0 Å². The van der Waals surface area contributed by atoms with Crippen LogP contribution in [0.1, 0.15) is 32.6 Å². The average molecular weight is 300 g/mol. The van der Waals surface area contributed by atoms with E-state index in [0.29, 0.717) is 0 Å². The van der Waals surface area contributed by atoms with Crippen molar-refractivity contribution in [2.45, 2.75) is 43.0 Å². The summed E-state index contributed by atoms with van der Waals surface area (Å²) in [5.41, 5.74) is 0. The van der Waals surface area contributed by atoms with Crippen LogP contribution in [-0.2, 0) is 0 Å². The number of hydrogen-bond donors (Lipinski definition) is 1. The van der Waals surface area contributed by atoms with E-state index in [1.807, 2.05) is 19.0 Å². The van der Waals surface area contributed by atoms with Crippen LogP contribution < -0.4 is 10.2 Å². The Morgan fingerprint density at radius 1 is 1.37 bits per heavy atom. The number of anilines is 1. The summed E-state index contributed by atoms with van der Waals surface area (Å²) in [5.74, 6) is 1.97. The van der Waals surface area contributed by atoms with Crippen molar-refractivity contribution in [3.63, 3.8) is 0 Å². The zero-order valence-electron chi connectivity index (χ0n) is 12.1. The number of thioether (sulfide) groups is 1. The summed E-state index contributed by atoms with van der Waals surface area (Å²) < 4.78 is 1.07. The standard InChI is InChI=1S/C13H24N4S2/c1-10-5-4-6-11(9-10)14-7-8-18-13-16-15-12(19-13)17(2)3/h10-11,14H,4-9H2,1-3H3. The second-order valence-electron chi connectivity index (χ2n) is 5.52. The maximum Gasteiger partial charge on any atom is 0.208 e. The van der Waals surface area contributed by atoms with Gasteiger partial charge in [-0.15, -0.1) is 10.2 Å². The minimum absolute atomic E-state index is 0.733. The number of hydrogen-bond acceptors (Lipinski definition) is 6. The summed E-state index contributed by atoms with van der Waals surface area (Å²) in [5, 5.41) is 13.0. The zero-order valence-corrected chi connectivity index (χ0v) is 13.7. The lowest BCUT2D eigenvalue weighted by Gasteiger charge is -2.27. The topological polar surface area (TPSA) is 41.1 Å². The van der Waals surface area contributed by atoms with E-state index in [4.69, 9.17) is 0 Å². The Kier molecular flexibility index (Phi) is 5.91. The first-order valence-corrected chi connectivity index (χ1v) is 8.82. The Balaban J connectivity index is 1.63. The van der Waals surface area contributed by atoms with Gasteiger partial charge in [0.25, 0.3) is 0 Å². The highest BCUT2D eigenvalue weighted by atomic mass is 32.2. The van der Waals surface area contributed by atoms with Gasteiger partial charge >= 0.3 is 0 Å². The summed E-state index contributed by atoms with van der Waals surface area (Å²) in [7, 11) is 4.00. The Bertz CT molecular complexity index is 380. The molecule has 2 unspecified atom stereocenters. The van der Waals surface area contributed by atoms with Gasteiger partial charge in [0.2, 0.25) is 5.13 Å². The van der Waals surface area contributed by atoms with Crippen LogP contribution in [0.25, 0.3) is 0 Å². The lowest BCUT2D eigenvalue weighted by molar-refractivity contribution is 0.306. The zero-order chi connectivity index (χ0) is 13.7. The summed E-state index contributed by atoms with van der Waals surface area (Å²) in [4.78, 5) is 2.00. The van der Waals surface area contributed by atoms with Crippen LogP contribution in [0, 0.1) is 5.92 Å². The molecule has 4 nitrogen and oxygen atoms in total. The Morgan fingerprint density at radius 3 is 2.89 bits per heavy atom. The largest absolute Gasteiger partial charge is 0.353 e. The highest BCUT2D eigenvalue weighted by Crippen LogP contribution is 2.27. The normalized spacial score (nSPS) is 23.5. The van der Waals surface area contributed by atoms with E-state index in [-0.39, 0.29) is 0 Å². The molecular weight excluding hydrogens is 276 g/mol. The summed E-state index contributed by atoms with van der Waals surface area (Å²) in [6, 6.07) is 0.733. The molecule has 0 amide bonds. The quantitative estimate of drug-likeness (QED) is 0.646. The van der Waals surface area contributed by atoms with Gasteiger partial charge in [-0.1, -0.05) is 42.9 Å². The van der Waals surface area contributed by atoms with E-state index in [1.54, 1.807) is 23.1 Å². The van der Waals surface area contributed by atoms with Gasteiger partial charge in [0, 0.05) is 32.4 Å². The lowest BCUT2D eigenvalue weighted by Crippen LogP contribution is -2.34. The molecule has 1 aromatic rings. The molecule has 1 aliphatic rings. The molecule has 0 bridgehead atoms. The molecule has 1 saturated carbocycles. The van der Waals surface area contributed by atoms with Gasteiger partial charge in [0.1, 0.15) is 0 Å². The van der Waals surface area contributed by atoms with Crippen molar-refractivity contribution in [3.05, 3.63) is 0 Å². The first-order valence-electron chi connectivity index (χ1n) is 7.02. The highest BCUT2D eigenvalue weighted by Gasteiger charge is 2.17. The maximum absolute atomic E-state index is 4.20. The van der Waals surface area contributed by atoms with Crippen molar-refractivity contribution in [3.8, 4) is 0 Å². The van der Waals surface area contributed by atoms with E-state index in [9.17, 15) is 0 Å². The molecule has 0 spiro atoms. The van der Waals surface area contributed by atoms with Gasteiger partial charge in [-0.25, -0.2) is 0 Å². The van der Waals surface area contributed by atoms with Crippen molar-refractivity contribution in [2.75, 3.05) is 31.3 Å². The molecule has 1 heterocycles. The maximum atomic E-state index is 4.20. The van der Waals surface area contributed by atoms with Crippen LogP contribution >= 0.6 is 23.1 Å². The van der Waals surface area contributed by atoms with Crippen molar-refractivity contribution in [1.82, 2.24) is 15.5 Å². The fraction of sp³-hybridized carbons (Fsp3) is 0.846. The van der Waals surface area contributed by atoms with E-state index < -0.39 is 0 Å². The van der Waals surface area contributed by atoms with E-state index in [1.165, 1.54) is 25.7 Å². The molecule has 2 rings (SSSR count). The lowest BCUT2D eigenvalue weighted by atomic mass is 9.87. The molecule has 0 radical (unpaired) electrons. The Morgan fingerprint density at radius 2 is 2.21 bits per heavy atom. The summed E-state index contributed by atoms with van der Waals surface area (Å²) in [6.07, 6.45) is 5.48. The van der Waals surface area contributed by atoms with Crippen molar-refractivity contribution < 1.29 is 0 Å². The molecule has 19 heavy (non-hydrogen) atoms. The molecule has 1 aliphatic carbocycles. The van der Waals surface area contributed by atoms with Crippen molar-refractivity contribution in [2.24, 2.45) is 5.92 Å². The Hall–Kier alpha value is -0.330. The van der Waals surface area contributed by atoms with Crippen LogP contribution in [0.15, 0.2) is 4.34 Å². The van der Waals surface area contributed by atoms with Gasteiger partial charge in [0.05, 0.1) is 0 Å². The number of rotatable bonds is 6. The average Bonchev–Trinajstić information content (AvgIpc) is 2.84. The number of nitrogens with zero attached hydrogens (tertiary/aromatic N) is 3. The van der Waals surface area contributed by atoms with E-state index in [2.05, 4.69) is 22.4 Å². The Labute approximate surface area is 124 Å². The smallest absolute Gasteiger partial charge is 0.208 e. The highest BCUT2D eigenvalue weighted by molar-refractivity contribution is 8.01. The molecule has 1 N–H and O–H groups in total. The third-order valence-electron chi connectivity index (χ3n) is 3.48. The number of nitrogens with one attached hydrogen (secondary N) is 1. The van der Waals surface area contributed by atoms with Gasteiger partial charge in [-0.2, -0.15) is 0 Å². The molecule has 1 fully saturated rings. The first-order chi connectivity index (χ1) is 9.15. The molecule has 108 valence electrons. The van der Waals surface area contributed by atoms with Crippen molar-refractivity contribution >= 4 is 28.2 Å². The molecule has 2 atom stereocenters. The van der Waals surface area contributed by atoms with Crippen LogP contribution in [0.5, 0.6) is 0 Å².